The smallest absolute Gasteiger partial charge is 0.370 e. The number of nitrogens with zero attached hydrogens (tertiary/aromatic N) is 3. The van der Waals surface area contributed by atoms with Crippen molar-refractivity contribution in [3.63, 3.8) is 0 Å². The van der Waals surface area contributed by atoms with Crippen LogP contribution in [0.15, 0.2) is 42.7 Å². The van der Waals surface area contributed by atoms with E-state index in [1.54, 1.807) is 18.3 Å². The number of sulfone groups is 1. The van der Waals surface area contributed by atoms with Crippen LogP contribution in [0.5, 0.6) is 0 Å². The molecule has 3 heterocycles. The summed E-state index contributed by atoms with van der Waals surface area (Å²) in [6, 6.07) is 6.80. The summed E-state index contributed by atoms with van der Waals surface area (Å²) < 4.78 is 63.7. The SMILES string of the molecule is O=S1(=O)CCC(CNc2ccn3ncc(-c4cccc(C(F)(F)F)c4)c3n2)CC1. The molecular weight excluding hydrogens is 405 g/mol. The zero-order chi connectivity index (χ0) is 20.6. The molecule has 1 aromatic carbocycles. The van der Waals surface area contributed by atoms with Gasteiger partial charge < -0.3 is 5.32 Å². The van der Waals surface area contributed by atoms with E-state index >= 15 is 0 Å². The van der Waals surface area contributed by atoms with Crippen LogP contribution in [0.4, 0.5) is 19.0 Å². The van der Waals surface area contributed by atoms with E-state index in [2.05, 4.69) is 15.4 Å². The number of alkyl halides is 3. The lowest BCUT2D eigenvalue weighted by atomic mass is 10.0. The average molecular weight is 424 g/mol. The number of hydrogen-bond donors (Lipinski definition) is 1. The molecule has 0 bridgehead atoms. The van der Waals surface area contributed by atoms with Crippen LogP contribution < -0.4 is 5.32 Å². The van der Waals surface area contributed by atoms with Crippen molar-refractivity contribution >= 4 is 21.3 Å². The van der Waals surface area contributed by atoms with E-state index in [0.29, 0.717) is 42.0 Å². The van der Waals surface area contributed by atoms with Gasteiger partial charge in [0, 0.05) is 18.3 Å². The summed E-state index contributed by atoms with van der Waals surface area (Å²) in [5.41, 5.74) is 0.608. The molecule has 1 N–H and O–H groups in total. The minimum atomic E-state index is -4.42. The van der Waals surface area contributed by atoms with Crippen LogP contribution in [-0.2, 0) is 16.0 Å². The molecule has 4 rings (SSSR count). The van der Waals surface area contributed by atoms with E-state index in [0.717, 1.165) is 12.1 Å². The highest BCUT2D eigenvalue weighted by Gasteiger charge is 2.30. The lowest BCUT2D eigenvalue weighted by molar-refractivity contribution is -0.137. The quantitative estimate of drug-likeness (QED) is 0.692. The predicted molar refractivity (Wildman–Crippen MR) is 103 cm³/mol. The lowest BCUT2D eigenvalue weighted by Crippen LogP contribution is -2.27. The van der Waals surface area contributed by atoms with E-state index < -0.39 is 21.6 Å². The Kier molecular flexibility index (Phi) is 4.97. The Bertz CT molecular complexity index is 1130. The normalized spacial score (nSPS) is 17.5. The Morgan fingerprint density at radius 1 is 1.17 bits per heavy atom. The number of benzene rings is 1. The molecule has 154 valence electrons. The van der Waals surface area contributed by atoms with E-state index in [9.17, 15) is 21.6 Å². The lowest BCUT2D eigenvalue weighted by Gasteiger charge is -2.22. The second kappa shape index (κ2) is 7.33. The van der Waals surface area contributed by atoms with E-state index in [1.807, 2.05) is 0 Å². The Hall–Kier alpha value is -2.62. The summed E-state index contributed by atoms with van der Waals surface area (Å²) >= 11 is 0. The standard InChI is InChI=1S/C19H19F3N4O2S/c20-19(21,22)15-3-1-2-14(10-15)16-12-24-26-7-4-17(25-18(16)26)23-11-13-5-8-29(27,28)9-6-13/h1-4,7,10,12-13H,5-6,8-9,11H2,(H,23,25). The molecule has 3 aromatic rings. The Balaban J connectivity index is 1.56. The van der Waals surface area contributed by atoms with Crippen LogP contribution in [0.1, 0.15) is 18.4 Å². The topological polar surface area (TPSA) is 76.4 Å². The van der Waals surface area contributed by atoms with Crippen molar-refractivity contribution in [3.05, 3.63) is 48.3 Å². The zero-order valence-electron chi connectivity index (χ0n) is 15.4. The van der Waals surface area contributed by atoms with Crippen LogP contribution in [0.3, 0.4) is 0 Å². The predicted octanol–water partition coefficient (Wildman–Crippen LogP) is 3.65. The third-order valence-corrected chi connectivity index (χ3v) is 6.83. The van der Waals surface area contributed by atoms with Crippen LogP contribution in [0.2, 0.25) is 0 Å². The highest BCUT2D eigenvalue weighted by molar-refractivity contribution is 7.91. The Morgan fingerprint density at radius 3 is 2.66 bits per heavy atom. The van der Waals surface area contributed by atoms with E-state index in [1.165, 1.54) is 16.8 Å². The van der Waals surface area contributed by atoms with Crippen molar-refractivity contribution in [2.45, 2.75) is 19.0 Å². The van der Waals surface area contributed by atoms with Crippen molar-refractivity contribution in [1.82, 2.24) is 14.6 Å². The molecule has 2 aromatic heterocycles. The fourth-order valence-corrected chi connectivity index (χ4v) is 5.01. The van der Waals surface area contributed by atoms with Crippen molar-refractivity contribution in [3.8, 4) is 11.1 Å². The number of rotatable bonds is 4. The molecule has 0 atom stereocenters. The van der Waals surface area contributed by atoms with Crippen molar-refractivity contribution in [2.75, 3.05) is 23.4 Å². The van der Waals surface area contributed by atoms with Gasteiger partial charge in [0.15, 0.2) is 5.65 Å². The first-order valence-electron chi connectivity index (χ1n) is 9.18. The summed E-state index contributed by atoms with van der Waals surface area (Å²) in [6.45, 7) is 0.589. The number of anilines is 1. The molecule has 1 saturated heterocycles. The van der Waals surface area contributed by atoms with Gasteiger partial charge in [-0.1, -0.05) is 12.1 Å². The molecule has 0 aliphatic carbocycles. The second-order valence-corrected chi connectivity index (χ2v) is 9.50. The molecule has 0 saturated carbocycles. The Morgan fingerprint density at radius 2 is 1.93 bits per heavy atom. The van der Waals surface area contributed by atoms with E-state index in [-0.39, 0.29) is 17.4 Å². The molecule has 1 aliphatic rings. The maximum atomic E-state index is 13.0. The third-order valence-electron chi connectivity index (χ3n) is 5.12. The van der Waals surface area contributed by atoms with Crippen molar-refractivity contribution < 1.29 is 21.6 Å². The first-order chi connectivity index (χ1) is 13.7. The molecule has 0 radical (unpaired) electrons. The van der Waals surface area contributed by atoms with Gasteiger partial charge in [-0.05, 0) is 42.5 Å². The molecule has 0 unspecified atom stereocenters. The second-order valence-electron chi connectivity index (χ2n) is 7.19. The first kappa shape index (κ1) is 19.7. The minimum absolute atomic E-state index is 0.203. The van der Waals surface area contributed by atoms with Crippen LogP contribution in [0, 0.1) is 5.92 Å². The molecule has 1 aliphatic heterocycles. The number of hydrogen-bond acceptors (Lipinski definition) is 5. The number of fused-ring (bicyclic) bond motifs is 1. The fraction of sp³-hybridized carbons (Fsp3) is 0.368. The minimum Gasteiger partial charge on any atom is -0.370 e. The van der Waals surface area contributed by atoms with Crippen LogP contribution in [0.25, 0.3) is 16.8 Å². The molecule has 0 amide bonds. The van der Waals surface area contributed by atoms with Crippen LogP contribution in [-0.4, -0.2) is 41.1 Å². The van der Waals surface area contributed by atoms with Gasteiger partial charge in [0.1, 0.15) is 15.7 Å². The molecular formula is C19H19F3N4O2S. The maximum absolute atomic E-state index is 13.0. The largest absolute Gasteiger partial charge is 0.416 e. The maximum Gasteiger partial charge on any atom is 0.416 e. The van der Waals surface area contributed by atoms with Gasteiger partial charge in [-0.3, -0.25) is 0 Å². The van der Waals surface area contributed by atoms with Gasteiger partial charge in [-0.15, -0.1) is 0 Å². The van der Waals surface area contributed by atoms with Gasteiger partial charge in [-0.2, -0.15) is 18.3 Å². The summed E-state index contributed by atoms with van der Waals surface area (Å²) in [6.07, 6.45) is -0.0210. The molecule has 6 nitrogen and oxygen atoms in total. The van der Waals surface area contributed by atoms with Gasteiger partial charge in [-0.25, -0.2) is 17.9 Å². The van der Waals surface area contributed by atoms with Gasteiger partial charge in [0.2, 0.25) is 0 Å². The molecule has 1 fully saturated rings. The average Bonchev–Trinajstić information content (AvgIpc) is 3.10. The highest BCUT2D eigenvalue weighted by Crippen LogP contribution is 2.33. The summed E-state index contributed by atoms with van der Waals surface area (Å²) in [5, 5.41) is 7.38. The summed E-state index contributed by atoms with van der Waals surface area (Å²) in [4.78, 5) is 4.51. The highest BCUT2D eigenvalue weighted by atomic mass is 32.2. The van der Waals surface area contributed by atoms with Crippen molar-refractivity contribution in [2.24, 2.45) is 5.92 Å². The monoisotopic (exact) mass is 424 g/mol. The number of halogens is 3. The van der Waals surface area contributed by atoms with Gasteiger partial charge in [0.05, 0.1) is 23.3 Å². The molecule has 0 spiro atoms. The molecule has 10 heteroatoms. The number of aromatic nitrogens is 3. The number of nitrogens with one attached hydrogen (secondary N) is 1. The summed E-state index contributed by atoms with van der Waals surface area (Å²) in [5.74, 6) is 1.21. The van der Waals surface area contributed by atoms with Crippen molar-refractivity contribution in [1.29, 1.82) is 0 Å². The molecule has 29 heavy (non-hydrogen) atoms. The Labute approximate surface area is 165 Å². The first-order valence-corrected chi connectivity index (χ1v) is 11.0. The summed E-state index contributed by atoms with van der Waals surface area (Å²) in [7, 11) is -2.91. The van der Waals surface area contributed by atoms with Crippen LogP contribution >= 0.6 is 0 Å². The van der Waals surface area contributed by atoms with E-state index in [4.69, 9.17) is 0 Å². The fourth-order valence-electron chi connectivity index (χ4n) is 3.43. The van der Waals surface area contributed by atoms with Gasteiger partial charge in [0.25, 0.3) is 0 Å². The van der Waals surface area contributed by atoms with Gasteiger partial charge >= 0.3 is 6.18 Å². The third kappa shape index (κ3) is 4.36. The zero-order valence-corrected chi connectivity index (χ0v) is 16.2.